The molecule has 0 aliphatic carbocycles. The van der Waals surface area contributed by atoms with Gasteiger partial charge in [-0.3, -0.25) is 10.2 Å². The highest BCUT2D eigenvalue weighted by Gasteiger charge is 2.29. The molecule has 0 atom stereocenters. The van der Waals surface area contributed by atoms with E-state index in [1.165, 1.54) is 21.7 Å². The molecule has 1 aliphatic rings. The fraction of sp³-hybridized carbons (Fsp3) is 0.304. The molecule has 0 saturated carbocycles. The summed E-state index contributed by atoms with van der Waals surface area (Å²) < 4.78 is 0. The number of hydrogen-bond acceptors (Lipinski definition) is 6. The van der Waals surface area contributed by atoms with Crippen molar-refractivity contribution in [1.82, 2.24) is 5.01 Å². The first-order valence-electron chi connectivity index (χ1n) is 9.86. The molecular formula is C23H25N5O2. The lowest BCUT2D eigenvalue weighted by Gasteiger charge is -2.12. The van der Waals surface area contributed by atoms with Gasteiger partial charge in [-0.05, 0) is 61.9 Å². The smallest absolute Gasteiger partial charge is 0.296 e. The highest BCUT2D eigenvalue weighted by Crippen LogP contribution is 2.29. The number of aromatic hydroxyl groups is 1. The summed E-state index contributed by atoms with van der Waals surface area (Å²) in [6.45, 7) is 6.10. The Bertz CT molecular complexity index is 1050. The Labute approximate surface area is 176 Å². The Balaban J connectivity index is 1.73. The molecule has 3 rings (SSSR count). The maximum Gasteiger partial charge on any atom is 0.296 e. The van der Waals surface area contributed by atoms with Gasteiger partial charge in [0.05, 0.1) is 30.4 Å². The van der Waals surface area contributed by atoms with Crippen molar-refractivity contribution in [3.63, 3.8) is 0 Å². The van der Waals surface area contributed by atoms with E-state index in [0.29, 0.717) is 17.8 Å². The van der Waals surface area contributed by atoms with E-state index in [-0.39, 0.29) is 30.3 Å². The molecule has 2 aromatic rings. The first-order chi connectivity index (χ1) is 14.4. The van der Waals surface area contributed by atoms with Crippen molar-refractivity contribution < 1.29 is 9.90 Å². The third-order valence-corrected chi connectivity index (χ3v) is 5.18. The van der Waals surface area contributed by atoms with E-state index < -0.39 is 0 Å². The van der Waals surface area contributed by atoms with Gasteiger partial charge in [-0.25, -0.2) is 5.01 Å². The van der Waals surface area contributed by atoms with Gasteiger partial charge in [0.25, 0.3) is 5.91 Å². The van der Waals surface area contributed by atoms with Crippen molar-refractivity contribution in [2.24, 2.45) is 10.2 Å². The summed E-state index contributed by atoms with van der Waals surface area (Å²) in [4.78, 5) is 12.4. The van der Waals surface area contributed by atoms with Crippen LogP contribution in [-0.2, 0) is 17.6 Å². The number of hydrazone groups is 2. The second-order valence-electron chi connectivity index (χ2n) is 7.28. The number of nitrogens with zero attached hydrogens (tertiary/aromatic N) is 4. The van der Waals surface area contributed by atoms with Crippen LogP contribution in [0, 0.1) is 25.2 Å². The summed E-state index contributed by atoms with van der Waals surface area (Å²) in [7, 11) is 0. The van der Waals surface area contributed by atoms with Gasteiger partial charge in [0.2, 0.25) is 0 Å². The van der Waals surface area contributed by atoms with Gasteiger partial charge in [0.15, 0.2) is 5.71 Å². The third kappa shape index (κ3) is 4.49. The first-order valence-corrected chi connectivity index (χ1v) is 9.86. The molecule has 2 aromatic carbocycles. The lowest BCUT2D eigenvalue weighted by Crippen LogP contribution is -2.28. The predicted octanol–water partition coefficient (Wildman–Crippen LogP) is 3.69. The van der Waals surface area contributed by atoms with Gasteiger partial charge in [-0.15, -0.1) is 0 Å². The highest BCUT2D eigenvalue weighted by atomic mass is 16.3. The first kappa shape index (κ1) is 21.1. The summed E-state index contributed by atoms with van der Waals surface area (Å²) in [5.74, 6) is -0.240. The number of phenols is 1. The van der Waals surface area contributed by atoms with Crippen LogP contribution in [0.5, 0.6) is 5.75 Å². The van der Waals surface area contributed by atoms with Crippen LogP contribution in [0.4, 0.5) is 5.69 Å². The van der Waals surface area contributed by atoms with Crippen LogP contribution < -0.4 is 5.43 Å². The molecule has 7 heteroatoms. The van der Waals surface area contributed by atoms with Gasteiger partial charge in [0, 0.05) is 0 Å². The second kappa shape index (κ2) is 9.23. The molecule has 0 unspecified atom stereocenters. The molecule has 154 valence electrons. The van der Waals surface area contributed by atoms with Crippen molar-refractivity contribution in [3.05, 3.63) is 58.7 Å². The largest absolute Gasteiger partial charge is 0.505 e. The Morgan fingerprint density at radius 1 is 1.13 bits per heavy atom. The average Bonchev–Trinajstić information content (AvgIpc) is 2.99. The number of rotatable bonds is 7. The van der Waals surface area contributed by atoms with E-state index in [0.717, 1.165) is 12.0 Å². The topological polar surface area (TPSA) is 101 Å². The van der Waals surface area contributed by atoms with Crippen LogP contribution in [-0.4, -0.2) is 34.0 Å². The molecule has 0 aromatic heterocycles. The fourth-order valence-electron chi connectivity index (χ4n) is 3.49. The molecule has 7 nitrogen and oxygen atoms in total. The van der Waals surface area contributed by atoms with E-state index in [2.05, 4.69) is 41.6 Å². The van der Waals surface area contributed by atoms with Gasteiger partial charge in [-0.1, -0.05) is 30.3 Å². The minimum atomic E-state index is -0.360. The van der Waals surface area contributed by atoms with Crippen molar-refractivity contribution in [2.75, 3.05) is 12.0 Å². The number of phenolic OH excluding ortho intramolecular Hbond substituents is 1. The molecule has 1 aliphatic heterocycles. The van der Waals surface area contributed by atoms with Crippen molar-refractivity contribution in [2.45, 2.75) is 40.0 Å². The van der Waals surface area contributed by atoms with Crippen LogP contribution in [0.3, 0.4) is 0 Å². The Kier molecular flexibility index (Phi) is 6.48. The molecule has 0 fully saturated rings. The summed E-state index contributed by atoms with van der Waals surface area (Å²) in [5.41, 5.74) is 8.45. The van der Waals surface area contributed by atoms with Crippen molar-refractivity contribution in [3.8, 4) is 11.8 Å². The highest BCUT2D eigenvalue weighted by molar-refractivity contribution is 6.68. The van der Waals surface area contributed by atoms with Gasteiger partial charge in [-0.2, -0.15) is 15.5 Å². The number of benzene rings is 2. The number of carbonyl (C=O) groups excluding carboxylic acids is 1. The molecule has 0 bridgehead atoms. The number of aryl methyl sites for hydroxylation is 3. The van der Waals surface area contributed by atoms with Gasteiger partial charge in [0.1, 0.15) is 5.75 Å². The normalized spacial score (nSPS) is 14.7. The van der Waals surface area contributed by atoms with Crippen LogP contribution in [0.25, 0.3) is 0 Å². The Morgan fingerprint density at radius 3 is 2.53 bits per heavy atom. The molecule has 1 amide bonds. The van der Waals surface area contributed by atoms with Crippen LogP contribution in [0.2, 0.25) is 0 Å². The second-order valence-corrected chi connectivity index (χ2v) is 7.28. The summed E-state index contributed by atoms with van der Waals surface area (Å²) >= 11 is 0. The van der Waals surface area contributed by atoms with E-state index in [9.17, 15) is 9.90 Å². The fourth-order valence-corrected chi connectivity index (χ4v) is 3.49. The van der Waals surface area contributed by atoms with Crippen molar-refractivity contribution in [1.29, 1.82) is 5.26 Å². The monoisotopic (exact) mass is 403 g/mol. The van der Waals surface area contributed by atoms with E-state index >= 15 is 0 Å². The number of nitrogens with one attached hydrogen (secondary N) is 1. The summed E-state index contributed by atoms with van der Waals surface area (Å²) in [6.07, 6.45) is 1.71. The number of carbonyl (C=O) groups is 1. The third-order valence-electron chi connectivity index (χ3n) is 5.18. The average molecular weight is 403 g/mol. The standard InChI is InChI=1S/C23H25N5O2/c1-15-7-4-8-16(2)19(15)12-11-18-9-5-10-20(22(18)29)25-26-21-17(3)27-28(23(21)30)14-6-13-24/h4-5,7-10,25,29H,6,11-12,14H2,1-3H3. The lowest BCUT2D eigenvalue weighted by molar-refractivity contribution is -0.123. The Morgan fingerprint density at radius 2 is 1.83 bits per heavy atom. The quantitative estimate of drug-likeness (QED) is 0.544. The molecule has 0 radical (unpaired) electrons. The number of anilines is 1. The zero-order valence-corrected chi connectivity index (χ0v) is 17.4. The minimum absolute atomic E-state index is 0.120. The molecular weight excluding hydrogens is 378 g/mol. The van der Waals surface area contributed by atoms with Gasteiger partial charge >= 0.3 is 0 Å². The van der Waals surface area contributed by atoms with Crippen molar-refractivity contribution >= 4 is 23.0 Å². The number of nitriles is 1. The van der Waals surface area contributed by atoms with Crippen LogP contribution in [0.15, 0.2) is 46.6 Å². The van der Waals surface area contributed by atoms with E-state index in [1.54, 1.807) is 13.0 Å². The number of para-hydroxylation sites is 1. The van der Waals surface area contributed by atoms with Crippen LogP contribution >= 0.6 is 0 Å². The lowest BCUT2D eigenvalue weighted by atomic mass is 9.96. The maximum atomic E-state index is 12.4. The van der Waals surface area contributed by atoms with Crippen LogP contribution in [0.1, 0.15) is 35.6 Å². The Hall–Kier alpha value is -3.66. The molecule has 0 saturated heterocycles. The summed E-state index contributed by atoms with van der Waals surface area (Å²) in [5, 5.41) is 28.9. The van der Waals surface area contributed by atoms with Gasteiger partial charge < -0.3 is 5.11 Å². The van der Waals surface area contributed by atoms with E-state index in [1.807, 2.05) is 24.3 Å². The molecule has 0 spiro atoms. The summed E-state index contributed by atoms with van der Waals surface area (Å²) in [6, 6.07) is 13.7. The zero-order valence-electron chi connectivity index (χ0n) is 17.4. The predicted molar refractivity (Wildman–Crippen MR) is 118 cm³/mol. The number of hydrogen-bond donors (Lipinski definition) is 2. The number of amides is 1. The maximum absolute atomic E-state index is 12.4. The molecule has 30 heavy (non-hydrogen) atoms. The SMILES string of the molecule is CC1=NN(CCC#N)C(=O)C1=NNc1cccc(CCc2c(C)cccc2C)c1O. The molecule has 1 heterocycles. The minimum Gasteiger partial charge on any atom is -0.505 e. The van der Waals surface area contributed by atoms with E-state index in [4.69, 9.17) is 5.26 Å². The zero-order chi connectivity index (χ0) is 21.7. The molecule has 2 N–H and O–H groups in total.